The Morgan fingerprint density at radius 3 is 2.39 bits per heavy atom. The molecule has 0 spiro atoms. The molecule has 3 heterocycles. The number of hydrogen-bond acceptors (Lipinski definition) is 1. The third-order valence-electron chi connectivity index (χ3n) is 6.74. The van der Waals surface area contributed by atoms with Crippen LogP contribution in [0, 0.1) is 0 Å². The molecule has 0 saturated heterocycles. The van der Waals surface area contributed by atoms with E-state index in [1.807, 2.05) is 0 Å². The van der Waals surface area contributed by atoms with Crippen molar-refractivity contribution >= 4 is 40.7 Å². The van der Waals surface area contributed by atoms with E-state index >= 15 is 0 Å². The summed E-state index contributed by atoms with van der Waals surface area (Å²) in [4.78, 5) is 4.87. The molecule has 0 aliphatic carbocycles. The minimum absolute atomic E-state index is 0.220. The Morgan fingerprint density at radius 1 is 0.913 bits per heavy atom. The Kier molecular flexibility index (Phi) is 2.23. The van der Waals surface area contributed by atoms with E-state index in [0.29, 0.717) is 0 Å². The standard InChI is InChI=1S/C20H21N2Si/c1-20(2)16-11-7-10-14-13-8-5-6-9-15(13)19-21-12-17(23(20,3)4)22(19)18(14)16/h5-12,23H,1-4H3/q-1. The summed E-state index contributed by atoms with van der Waals surface area (Å²) in [6.45, 7) is 9.88. The molecule has 1 aliphatic heterocycles. The summed E-state index contributed by atoms with van der Waals surface area (Å²) in [5.41, 5.74) is 3.99. The average Bonchev–Trinajstić information content (AvgIpc) is 2.99. The zero-order chi connectivity index (χ0) is 16.0. The van der Waals surface area contributed by atoms with Gasteiger partial charge >= 0.3 is 136 Å². The summed E-state index contributed by atoms with van der Waals surface area (Å²) in [5.74, 6) is 0. The summed E-state index contributed by atoms with van der Waals surface area (Å²) in [6.07, 6.45) is 2.16. The van der Waals surface area contributed by atoms with Gasteiger partial charge in [-0.05, 0) is 0 Å². The molecular formula is C20H21N2Si-. The molecule has 2 nitrogen and oxygen atoms in total. The maximum atomic E-state index is 4.87. The van der Waals surface area contributed by atoms with Gasteiger partial charge in [0.25, 0.3) is 0 Å². The average molecular weight is 317 g/mol. The number of aromatic nitrogens is 2. The van der Waals surface area contributed by atoms with Gasteiger partial charge < -0.3 is 0 Å². The normalized spacial score (nSPS) is 19.7. The Labute approximate surface area is 136 Å². The van der Waals surface area contributed by atoms with Gasteiger partial charge in [0.05, 0.1) is 0 Å². The molecule has 0 amide bonds. The predicted octanol–water partition coefficient (Wildman–Crippen LogP) is 4.12. The van der Waals surface area contributed by atoms with Gasteiger partial charge in [0, 0.05) is 0 Å². The van der Waals surface area contributed by atoms with Gasteiger partial charge in [-0.25, -0.2) is 0 Å². The van der Waals surface area contributed by atoms with E-state index in [1.54, 1.807) is 0 Å². The van der Waals surface area contributed by atoms with Crippen LogP contribution in [-0.4, -0.2) is 17.5 Å². The van der Waals surface area contributed by atoms with Crippen molar-refractivity contribution in [1.82, 2.24) is 9.38 Å². The third kappa shape index (κ3) is 1.34. The molecule has 0 saturated carbocycles. The van der Waals surface area contributed by atoms with Crippen molar-refractivity contribution in [2.24, 2.45) is 0 Å². The fraction of sp³-hybridized carbons (Fsp3) is 0.250. The van der Waals surface area contributed by atoms with Gasteiger partial charge in [-0.1, -0.05) is 0 Å². The Bertz CT molecular complexity index is 1120. The molecule has 0 unspecified atom stereocenters. The fourth-order valence-electron chi connectivity index (χ4n) is 4.49. The number of rotatable bonds is 0. The number of fused-ring (bicyclic) bond motifs is 3. The van der Waals surface area contributed by atoms with Gasteiger partial charge in [-0.2, -0.15) is 0 Å². The number of para-hydroxylation sites is 1. The number of hydrogen-bond donors (Lipinski definition) is 0. The maximum absolute atomic E-state index is 4.87. The quantitative estimate of drug-likeness (QED) is 0.352. The van der Waals surface area contributed by atoms with Crippen LogP contribution in [0.5, 0.6) is 0 Å². The molecule has 23 heavy (non-hydrogen) atoms. The third-order valence-corrected chi connectivity index (χ3v) is 12.6. The summed E-state index contributed by atoms with van der Waals surface area (Å²) in [5, 5.41) is 5.63. The van der Waals surface area contributed by atoms with Crippen molar-refractivity contribution in [3.05, 3.63) is 54.2 Å². The summed E-state index contributed by atoms with van der Waals surface area (Å²) in [7, 11) is -2.02. The Morgan fingerprint density at radius 2 is 1.61 bits per heavy atom. The van der Waals surface area contributed by atoms with Crippen LogP contribution in [-0.2, 0) is 5.04 Å². The van der Waals surface area contributed by atoms with Crippen LogP contribution >= 0.6 is 0 Å². The topological polar surface area (TPSA) is 17.3 Å². The number of benzene rings is 2. The summed E-state index contributed by atoms with van der Waals surface area (Å²) >= 11 is 0. The fourth-order valence-corrected chi connectivity index (χ4v) is 7.59. The zero-order valence-electron chi connectivity index (χ0n) is 14.1. The van der Waals surface area contributed by atoms with E-state index in [4.69, 9.17) is 4.98 Å². The first kappa shape index (κ1) is 13.3. The second-order valence-electron chi connectivity index (χ2n) is 8.19. The first-order valence-electron chi connectivity index (χ1n) is 8.49. The van der Waals surface area contributed by atoms with Crippen LogP contribution in [0.4, 0.5) is 0 Å². The first-order chi connectivity index (χ1) is 10.9. The first-order valence-corrected chi connectivity index (χ1v) is 12.0. The van der Waals surface area contributed by atoms with Crippen LogP contribution in [0.3, 0.4) is 0 Å². The SMILES string of the molecule is CC1(C)c2cccc3c4ccccc4c4ncc(n4c23)[SiH-]1(C)C. The van der Waals surface area contributed by atoms with Crippen molar-refractivity contribution in [3.63, 3.8) is 0 Å². The van der Waals surface area contributed by atoms with Gasteiger partial charge in [-0.15, -0.1) is 0 Å². The zero-order valence-corrected chi connectivity index (χ0v) is 15.2. The van der Waals surface area contributed by atoms with Crippen LogP contribution in [0.25, 0.3) is 27.3 Å². The Hall–Kier alpha value is -2.13. The van der Waals surface area contributed by atoms with Crippen molar-refractivity contribution in [1.29, 1.82) is 0 Å². The second kappa shape index (κ2) is 3.85. The van der Waals surface area contributed by atoms with E-state index in [2.05, 4.69) is 80.0 Å². The summed E-state index contributed by atoms with van der Waals surface area (Å²) < 4.78 is 2.48. The van der Waals surface area contributed by atoms with E-state index < -0.39 is 8.07 Å². The number of imidazole rings is 1. The monoisotopic (exact) mass is 317 g/mol. The van der Waals surface area contributed by atoms with Crippen molar-refractivity contribution in [2.45, 2.75) is 32.0 Å². The van der Waals surface area contributed by atoms with E-state index in [1.165, 1.54) is 32.6 Å². The Balaban J connectivity index is 2.22. The van der Waals surface area contributed by atoms with Crippen LogP contribution < -0.4 is 5.32 Å². The molecular weight excluding hydrogens is 296 g/mol. The second-order valence-corrected chi connectivity index (χ2v) is 14.0. The molecule has 5 rings (SSSR count). The molecule has 0 N–H and O–H groups in total. The number of nitrogens with zero attached hydrogens (tertiary/aromatic N) is 2. The van der Waals surface area contributed by atoms with Gasteiger partial charge in [0.2, 0.25) is 0 Å². The van der Waals surface area contributed by atoms with Crippen LogP contribution in [0.2, 0.25) is 13.1 Å². The van der Waals surface area contributed by atoms with Crippen molar-refractivity contribution in [2.75, 3.05) is 0 Å². The molecule has 0 radical (unpaired) electrons. The van der Waals surface area contributed by atoms with Gasteiger partial charge in [0.1, 0.15) is 0 Å². The van der Waals surface area contributed by atoms with Crippen molar-refractivity contribution in [3.8, 4) is 0 Å². The van der Waals surface area contributed by atoms with E-state index in [0.717, 1.165) is 5.65 Å². The molecule has 3 heteroatoms. The molecule has 0 atom stereocenters. The molecule has 1 aliphatic rings. The van der Waals surface area contributed by atoms with Crippen LogP contribution in [0.1, 0.15) is 19.4 Å². The van der Waals surface area contributed by atoms with Gasteiger partial charge in [-0.3, -0.25) is 0 Å². The summed E-state index contributed by atoms with van der Waals surface area (Å²) in [6, 6.07) is 15.5. The molecule has 2 aromatic heterocycles. The van der Waals surface area contributed by atoms with Gasteiger partial charge in [0.15, 0.2) is 0 Å². The molecule has 4 aromatic rings. The minimum atomic E-state index is -2.02. The van der Waals surface area contributed by atoms with E-state index in [9.17, 15) is 0 Å². The molecule has 116 valence electrons. The van der Waals surface area contributed by atoms with Crippen LogP contribution in [0.15, 0.2) is 48.7 Å². The predicted molar refractivity (Wildman–Crippen MR) is 102 cm³/mol. The molecule has 0 bridgehead atoms. The van der Waals surface area contributed by atoms with E-state index in [-0.39, 0.29) is 5.04 Å². The molecule has 0 fully saturated rings. The van der Waals surface area contributed by atoms with Crippen molar-refractivity contribution < 1.29 is 0 Å². The molecule has 2 aromatic carbocycles. The number of pyridine rings is 1.